The van der Waals surface area contributed by atoms with Gasteiger partial charge in [-0.3, -0.25) is 4.90 Å². The Morgan fingerprint density at radius 2 is 1.89 bits per heavy atom. The van der Waals surface area contributed by atoms with Crippen LogP contribution in [0.5, 0.6) is 11.5 Å². The number of carbonyl (C=O) groups is 1. The number of furan rings is 1. The number of azo groups is 1. The molecule has 0 spiro atoms. The maximum atomic E-state index is 12.4. The lowest BCUT2D eigenvalue weighted by atomic mass is 10.1. The first-order valence-electron chi connectivity index (χ1n) is 11.7. The van der Waals surface area contributed by atoms with Crippen LogP contribution in [0.25, 0.3) is 22.7 Å². The molecule has 1 aromatic heterocycles. The van der Waals surface area contributed by atoms with Crippen LogP contribution in [0.15, 0.2) is 45.0 Å². The Morgan fingerprint density at radius 1 is 1.14 bits per heavy atom. The van der Waals surface area contributed by atoms with E-state index in [1.807, 2.05) is 20.8 Å². The lowest BCUT2D eigenvalue weighted by Gasteiger charge is -2.35. The summed E-state index contributed by atoms with van der Waals surface area (Å²) in [7, 11) is 0. The SMILES string of the molecule is CC(C)(C)OC(=O)N1CCN(Cc2c(O)ccc3c(O)c(C=C4N=Nc5ccc(Cl)cc54)oc23)CC1. The zero-order valence-corrected chi connectivity index (χ0v) is 21.0. The van der Waals surface area contributed by atoms with Gasteiger partial charge in [-0.2, -0.15) is 0 Å². The molecule has 2 N–H and O–H groups in total. The summed E-state index contributed by atoms with van der Waals surface area (Å²) in [6.07, 6.45) is 1.29. The first-order valence-corrected chi connectivity index (χ1v) is 12.1. The number of fused-ring (bicyclic) bond motifs is 2. The molecule has 3 aromatic rings. The largest absolute Gasteiger partial charge is 0.507 e. The van der Waals surface area contributed by atoms with Crippen LogP contribution in [0.2, 0.25) is 5.02 Å². The van der Waals surface area contributed by atoms with Crippen molar-refractivity contribution in [3.8, 4) is 11.5 Å². The second kappa shape index (κ2) is 9.15. The molecular weight excluding hydrogens is 484 g/mol. The molecule has 2 aromatic carbocycles. The number of aromatic hydroxyl groups is 2. The highest BCUT2D eigenvalue weighted by Crippen LogP contribution is 2.42. The van der Waals surface area contributed by atoms with Crippen LogP contribution in [-0.2, 0) is 11.3 Å². The minimum atomic E-state index is -0.543. The summed E-state index contributed by atoms with van der Waals surface area (Å²) in [5.41, 5.74) is 2.37. The van der Waals surface area contributed by atoms with Crippen molar-refractivity contribution in [2.45, 2.75) is 32.9 Å². The Morgan fingerprint density at radius 3 is 2.61 bits per heavy atom. The first-order chi connectivity index (χ1) is 17.1. The van der Waals surface area contributed by atoms with Crippen molar-refractivity contribution in [1.29, 1.82) is 0 Å². The number of hydrogen-bond acceptors (Lipinski definition) is 8. The molecule has 1 amide bonds. The Labute approximate surface area is 213 Å². The molecule has 2 aliphatic rings. The van der Waals surface area contributed by atoms with Crippen LogP contribution in [0.4, 0.5) is 10.5 Å². The highest BCUT2D eigenvalue weighted by molar-refractivity contribution is 6.31. The van der Waals surface area contributed by atoms with Gasteiger partial charge in [0.1, 0.15) is 16.9 Å². The summed E-state index contributed by atoms with van der Waals surface area (Å²) in [4.78, 5) is 16.2. The zero-order valence-electron chi connectivity index (χ0n) is 20.3. The van der Waals surface area contributed by atoms with E-state index in [1.165, 1.54) is 0 Å². The molecule has 188 valence electrons. The number of phenolic OH excluding ortho intramolecular Hbond substituents is 1. The number of carbonyl (C=O) groups excluding carboxylic acids is 1. The van der Waals surface area contributed by atoms with Crippen LogP contribution in [0.3, 0.4) is 0 Å². The number of benzene rings is 2. The maximum absolute atomic E-state index is 12.4. The number of rotatable bonds is 3. The third kappa shape index (κ3) is 4.76. The molecule has 36 heavy (non-hydrogen) atoms. The smallest absolute Gasteiger partial charge is 0.410 e. The lowest BCUT2D eigenvalue weighted by molar-refractivity contribution is 0.0138. The molecule has 3 heterocycles. The quantitative estimate of drug-likeness (QED) is 0.437. The average Bonchev–Trinajstić information content (AvgIpc) is 3.36. The molecule has 9 nitrogen and oxygen atoms in total. The summed E-state index contributed by atoms with van der Waals surface area (Å²) < 4.78 is 11.5. The predicted octanol–water partition coefficient (Wildman–Crippen LogP) is 6.15. The van der Waals surface area contributed by atoms with Crippen LogP contribution in [0.1, 0.15) is 37.7 Å². The molecule has 0 atom stereocenters. The minimum Gasteiger partial charge on any atom is -0.507 e. The van der Waals surface area contributed by atoms with Gasteiger partial charge in [-0.1, -0.05) is 11.6 Å². The van der Waals surface area contributed by atoms with E-state index in [0.29, 0.717) is 65.7 Å². The van der Waals surface area contributed by atoms with Gasteiger partial charge in [-0.15, -0.1) is 10.2 Å². The number of hydrogen-bond donors (Lipinski definition) is 2. The number of ether oxygens (including phenoxy) is 1. The molecule has 1 fully saturated rings. The van der Waals surface area contributed by atoms with Crippen molar-refractivity contribution in [2.75, 3.05) is 26.2 Å². The zero-order chi connectivity index (χ0) is 25.6. The van der Waals surface area contributed by atoms with Gasteiger partial charge in [0.15, 0.2) is 11.5 Å². The molecule has 10 heteroatoms. The monoisotopic (exact) mass is 510 g/mol. The van der Waals surface area contributed by atoms with Gasteiger partial charge in [0, 0.05) is 49.4 Å². The molecule has 2 aliphatic heterocycles. The van der Waals surface area contributed by atoms with Gasteiger partial charge < -0.3 is 24.3 Å². The second-order valence-corrected chi connectivity index (χ2v) is 10.3. The molecule has 0 saturated carbocycles. The average molecular weight is 511 g/mol. The van der Waals surface area contributed by atoms with Crippen LogP contribution < -0.4 is 0 Å². The summed E-state index contributed by atoms with van der Waals surface area (Å²) in [6, 6.07) is 8.45. The summed E-state index contributed by atoms with van der Waals surface area (Å²) >= 11 is 6.13. The van der Waals surface area contributed by atoms with Crippen molar-refractivity contribution in [2.24, 2.45) is 10.2 Å². The highest BCUT2D eigenvalue weighted by Gasteiger charge is 2.27. The van der Waals surface area contributed by atoms with Crippen molar-refractivity contribution >= 4 is 46.1 Å². The van der Waals surface area contributed by atoms with Gasteiger partial charge >= 0.3 is 6.09 Å². The van der Waals surface area contributed by atoms with E-state index >= 15 is 0 Å². The van der Waals surface area contributed by atoms with E-state index in [4.69, 9.17) is 20.8 Å². The van der Waals surface area contributed by atoms with Gasteiger partial charge in [0.25, 0.3) is 0 Å². The van der Waals surface area contributed by atoms with Gasteiger partial charge in [-0.05, 0) is 51.1 Å². The predicted molar refractivity (Wildman–Crippen MR) is 136 cm³/mol. The summed E-state index contributed by atoms with van der Waals surface area (Å²) in [5.74, 6) is 0.246. The Bertz CT molecular complexity index is 1400. The third-order valence-electron chi connectivity index (χ3n) is 6.11. The Kier molecular flexibility index (Phi) is 6.13. The normalized spacial score (nSPS) is 17.2. The molecule has 0 unspecified atom stereocenters. The lowest BCUT2D eigenvalue weighted by Crippen LogP contribution is -2.49. The number of nitrogens with zero attached hydrogens (tertiary/aromatic N) is 4. The van der Waals surface area contributed by atoms with E-state index in [2.05, 4.69) is 15.1 Å². The highest BCUT2D eigenvalue weighted by atomic mass is 35.5. The van der Waals surface area contributed by atoms with Crippen LogP contribution >= 0.6 is 11.6 Å². The minimum absolute atomic E-state index is 0.0424. The molecule has 0 bridgehead atoms. The van der Waals surface area contributed by atoms with Gasteiger partial charge in [0.05, 0.1) is 22.3 Å². The van der Waals surface area contributed by atoms with E-state index in [-0.39, 0.29) is 23.4 Å². The second-order valence-electron chi connectivity index (χ2n) is 9.89. The molecular formula is C26H27ClN4O5. The molecule has 5 rings (SSSR count). The Hall–Kier alpha value is -3.56. The number of piperazine rings is 1. The third-order valence-corrected chi connectivity index (χ3v) is 6.34. The molecule has 1 saturated heterocycles. The molecule has 0 aliphatic carbocycles. The first kappa shape index (κ1) is 24.1. The van der Waals surface area contributed by atoms with E-state index in [1.54, 1.807) is 41.3 Å². The Balaban J connectivity index is 1.37. The topological polar surface area (TPSA) is 111 Å². The van der Waals surface area contributed by atoms with Crippen LogP contribution in [-0.4, -0.2) is 57.9 Å². The number of halogens is 1. The van der Waals surface area contributed by atoms with E-state index < -0.39 is 5.60 Å². The van der Waals surface area contributed by atoms with E-state index in [9.17, 15) is 15.0 Å². The van der Waals surface area contributed by atoms with E-state index in [0.717, 1.165) is 5.56 Å². The van der Waals surface area contributed by atoms with Crippen molar-refractivity contribution in [3.63, 3.8) is 0 Å². The van der Waals surface area contributed by atoms with Crippen molar-refractivity contribution in [1.82, 2.24) is 9.80 Å². The fourth-order valence-electron chi connectivity index (χ4n) is 4.29. The van der Waals surface area contributed by atoms with Crippen molar-refractivity contribution < 1.29 is 24.2 Å². The van der Waals surface area contributed by atoms with Crippen molar-refractivity contribution in [3.05, 3.63) is 52.2 Å². The number of amides is 1. The van der Waals surface area contributed by atoms with Gasteiger partial charge in [0.2, 0.25) is 0 Å². The van der Waals surface area contributed by atoms with Crippen LogP contribution in [0, 0.1) is 0 Å². The standard InChI is InChI=1S/C26H27ClN4O5/c1-26(2,3)36-25(34)31-10-8-30(9-11-31)14-18-21(32)7-5-16-23(33)22(35-24(16)18)13-20-17-12-15(27)4-6-19(17)28-29-20/h4-7,12-13,32-33H,8-11,14H2,1-3H3. The fraction of sp³-hybridized carbons (Fsp3) is 0.346. The number of phenols is 1. The summed E-state index contributed by atoms with van der Waals surface area (Å²) in [6.45, 7) is 8.17. The summed E-state index contributed by atoms with van der Waals surface area (Å²) in [5, 5.41) is 30.9. The fourth-order valence-corrected chi connectivity index (χ4v) is 4.47. The molecule has 0 radical (unpaired) electrons. The maximum Gasteiger partial charge on any atom is 0.410 e. The van der Waals surface area contributed by atoms with Gasteiger partial charge in [-0.25, -0.2) is 4.79 Å².